The minimum absolute atomic E-state index is 0.0880. The van der Waals surface area contributed by atoms with Gasteiger partial charge in [-0.25, -0.2) is 0 Å². The van der Waals surface area contributed by atoms with Crippen LogP contribution in [0.1, 0.15) is 27.2 Å². The minimum Gasteiger partial charge on any atom is -0.289 e. The Hall–Kier alpha value is -0.850. The fraction of sp³-hybridized carbons (Fsp3) is 0.444. The number of hydrogen-bond donors (Lipinski definition) is 0. The first-order valence-corrected chi connectivity index (χ1v) is 3.48. The van der Waals surface area contributed by atoms with Gasteiger partial charge in [0.05, 0.1) is 0 Å². The van der Waals surface area contributed by atoms with E-state index in [0.29, 0.717) is 5.57 Å². The number of carbonyl (C=O) groups is 1. The topological polar surface area (TPSA) is 17.1 Å². The maximum Gasteiger partial charge on any atom is 0.183 e. The third-order valence-corrected chi connectivity index (χ3v) is 1.41. The molecule has 0 saturated carbocycles. The normalized spacial score (nSPS) is 11.3. The number of ketones is 1. The maximum atomic E-state index is 11.1. The second kappa shape index (κ2) is 4.04. The van der Waals surface area contributed by atoms with Crippen molar-refractivity contribution in [3.63, 3.8) is 0 Å². The first-order valence-electron chi connectivity index (χ1n) is 3.48. The third kappa shape index (κ3) is 2.18. The molecule has 0 heterocycles. The Bertz CT molecular complexity index is 175. The van der Waals surface area contributed by atoms with E-state index in [1.165, 1.54) is 0 Å². The van der Waals surface area contributed by atoms with Crippen molar-refractivity contribution in [2.24, 2.45) is 0 Å². The molecule has 56 valence electrons. The largest absolute Gasteiger partial charge is 0.289 e. The van der Waals surface area contributed by atoms with Crippen molar-refractivity contribution >= 4 is 5.78 Å². The van der Waals surface area contributed by atoms with Crippen LogP contribution in [0.15, 0.2) is 23.8 Å². The summed E-state index contributed by atoms with van der Waals surface area (Å²) in [7, 11) is 0. The number of Topliss-reactive ketones (excluding diaryl/α,β-unsaturated/α-hetero) is 1. The molecule has 1 nitrogen and oxygen atoms in total. The van der Waals surface area contributed by atoms with Crippen molar-refractivity contribution in [1.82, 2.24) is 0 Å². The lowest BCUT2D eigenvalue weighted by Gasteiger charge is -1.99. The Balaban J connectivity index is 4.33. The molecule has 0 aromatic heterocycles. The summed E-state index contributed by atoms with van der Waals surface area (Å²) in [6, 6.07) is 0. The molecule has 0 aliphatic carbocycles. The number of hydrogen-bond acceptors (Lipinski definition) is 1. The summed E-state index contributed by atoms with van der Waals surface area (Å²) in [5, 5.41) is 0. The second-order valence-electron chi connectivity index (χ2n) is 2.28. The molecule has 0 aliphatic heterocycles. The van der Waals surface area contributed by atoms with Crippen molar-refractivity contribution in [3.8, 4) is 0 Å². The summed E-state index contributed by atoms with van der Waals surface area (Å²) < 4.78 is 0. The van der Waals surface area contributed by atoms with Crippen molar-refractivity contribution < 1.29 is 4.79 Å². The lowest BCUT2D eigenvalue weighted by Crippen LogP contribution is -2.01. The SMILES string of the molecule is C=C(C)C(=O)/C(=C\C)CC. The highest BCUT2D eigenvalue weighted by molar-refractivity contribution is 6.07. The molecule has 0 aromatic carbocycles. The average Bonchev–Trinajstić information content (AvgIpc) is 1.90. The molecule has 0 rings (SSSR count). The molecular weight excluding hydrogens is 124 g/mol. The van der Waals surface area contributed by atoms with Gasteiger partial charge in [-0.05, 0) is 31.4 Å². The molecule has 0 fully saturated rings. The van der Waals surface area contributed by atoms with Gasteiger partial charge in [0.25, 0.3) is 0 Å². The van der Waals surface area contributed by atoms with Crippen LogP contribution in [-0.4, -0.2) is 5.78 Å². The van der Waals surface area contributed by atoms with E-state index in [-0.39, 0.29) is 5.78 Å². The van der Waals surface area contributed by atoms with Crippen LogP contribution in [0.25, 0.3) is 0 Å². The molecule has 0 bridgehead atoms. The van der Waals surface area contributed by atoms with Crippen LogP contribution in [-0.2, 0) is 4.79 Å². The molecule has 1 heteroatoms. The van der Waals surface area contributed by atoms with Gasteiger partial charge in [0.15, 0.2) is 5.78 Å². The predicted molar refractivity (Wildman–Crippen MR) is 43.9 cm³/mol. The number of allylic oxidation sites excluding steroid dienone is 3. The Morgan fingerprint density at radius 1 is 1.60 bits per heavy atom. The summed E-state index contributed by atoms with van der Waals surface area (Å²) in [4.78, 5) is 11.1. The minimum atomic E-state index is 0.0880. The van der Waals surface area contributed by atoms with Crippen molar-refractivity contribution in [2.45, 2.75) is 27.2 Å². The quantitative estimate of drug-likeness (QED) is 0.547. The van der Waals surface area contributed by atoms with Gasteiger partial charge in [0.1, 0.15) is 0 Å². The average molecular weight is 138 g/mol. The summed E-state index contributed by atoms with van der Waals surface area (Å²) >= 11 is 0. The van der Waals surface area contributed by atoms with Gasteiger partial charge in [-0.2, -0.15) is 0 Å². The highest BCUT2D eigenvalue weighted by Gasteiger charge is 2.05. The van der Waals surface area contributed by atoms with Crippen LogP contribution in [0.3, 0.4) is 0 Å². The van der Waals surface area contributed by atoms with E-state index in [1.54, 1.807) is 6.92 Å². The van der Waals surface area contributed by atoms with E-state index in [4.69, 9.17) is 0 Å². The molecule has 0 amide bonds. The standard InChI is InChI=1S/C9H14O/c1-5-8(6-2)9(10)7(3)4/h5H,3,6H2,1-2,4H3/b8-5-. The monoisotopic (exact) mass is 138 g/mol. The molecule has 0 aromatic rings. The van der Waals surface area contributed by atoms with Gasteiger partial charge in [-0.3, -0.25) is 4.79 Å². The fourth-order valence-electron chi connectivity index (χ4n) is 0.770. The van der Waals surface area contributed by atoms with Gasteiger partial charge in [-0.1, -0.05) is 19.6 Å². The van der Waals surface area contributed by atoms with Gasteiger partial charge < -0.3 is 0 Å². The van der Waals surface area contributed by atoms with Crippen LogP contribution in [0.5, 0.6) is 0 Å². The second-order valence-corrected chi connectivity index (χ2v) is 2.28. The van der Waals surface area contributed by atoms with Gasteiger partial charge >= 0.3 is 0 Å². The lowest BCUT2D eigenvalue weighted by atomic mass is 10.0. The molecule has 0 aliphatic rings. The van der Waals surface area contributed by atoms with Crippen molar-refractivity contribution in [2.75, 3.05) is 0 Å². The van der Waals surface area contributed by atoms with E-state index in [2.05, 4.69) is 6.58 Å². The van der Waals surface area contributed by atoms with E-state index >= 15 is 0 Å². The molecule has 0 unspecified atom stereocenters. The first-order chi connectivity index (χ1) is 4.63. The zero-order valence-electron chi connectivity index (χ0n) is 6.90. The zero-order valence-corrected chi connectivity index (χ0v) is 6.90. The first kappa shape index (κ1) is 9.15. The Kier molecular flexibility index (Phi) is 3.70. The zero-order chi connectivity index (χ0) is 8.15. The molecule has 0 atom stereocenters. The molecule has 0 N–H and O–H groups in total. The van der Waals surface area contributed by atoms with E-state index in [1.807, 2.05) is 19.9 Å². The molecular formula is C9H14O. The van der Waals surface area contributed by atoms with Gasteiger partial charge in [0, 0.05) is 0 Å². The smallest absolute Gasteiger partial charge is 0.183 e. The fourth-order valence-corrected chi connectivity index (χ4v) is 0.770. The number of rotatable bonds is 3. The van der Waals surface area contributed by atoms with Gasteiger partial charge in [-0.15, -0.1) is 0 Å². The van der Waals surface area contributed by atoms with Crippen LogP contribution >= 0.6 is 0 Å². The van der Waals surface area contributed by atoms with Crippen molar-refractivity contribution in [3.05, 3.63) is 23.8 Å². The van der Waals surface area contributed by atoms with E-state index in [9.17, 15) is 4.79 Å². The lowest BCUT2D eigenvalue weighted by molar-refractivity contribution is -0.112. The summed E-state index contributed by atoms with van der Waals surface area (Å²) in [5.74, 6) is 0.0880. The summed E-state index contributed by atoms with van der Waals surface area (Å²) in [6.07, 6.45) is 2.64. The predicted octanol–water partition coefficient (Wildman–Crippen LogP) is 2.49. The van der Waals surface area contributed by atoms with E-state index in [0.717, 1.165) is 12.0 Å². The highest BCUT2D eigenvalue weighted by atomic mass is 16.1. The Morgan fingerprint density at radius 2 is 2.10 bits per heavy atom. The molecule has 0 saturated heterocycles. The van der Waals surface area contributed by atoms with E-state index < -0.39 is 0 Å². The van der Waals surface area contributed by atoms with Crippen LogP contribution < -0.4 is 0 Å². The van der Waals surface area contributed by atoms with Gasteiger partial charge in [0.2, 0.25) is 0 Å². The highest BCUT2D eigenvalue weighted by Crippen LogP contribution is 2.06. The summed E-state index contributed by atoms with van der Waals surface area (Å²) in [5.41, 5.74) is 1.47. The Labute approximate surface area is 62.4 Å². The molecule has 0 spiro atoms. The number of carbonyl (C=O) groups excluding carboxylic acids is 1. The molecule has 0 radical (unpaired) electrons. The van der Waals surface area contributed by atoms with Crippen LogP contribution in [0.2, 0.25) is 0 Å². The molecule has 10 heavy (non-hydrogen) atoms. The maximum absolute atomic E-state index is 11.1. The summed E-state index contributed by atoms with van der Waals surface area (Å²) in [6.45, 7) is 9.16. The third-order valence-electron chi connectivity index (χ3n) is 1.41. The van der Waals surface area contributed by atoms with Crippen molar-refractivity contribution in [1.29, 1.82) is 0 Å². The van der Waals surface area contributed by atoms with Crippen LogP contribution in [0, 0.1) is 0 Å². The van der Waals surface area contributed by atoms with Crippen LogP contribution in [0.4, 0.5) is 0 Å². The Morgan fingerprint density at radius 3 is 2.20 bits per heavy atom.